The Labute approximate surface area is 104 Å². The summed E-state index contributed by atoms with van der Waals surface area (Å²) < 4.78 is 4.53. The molecule has 1 aliphatic heterocycles. The lowest BCUT2D eigenvalue weighted by Crippen LogP contribution is -2.33. The van der Waals surface area contributed by atoms with E-state index in [0.717, 1.165) is 11.3 Å². The highest BCUT2D eigenvalue weighted by Crippen LogP contribution is 2.30. The molecule has 1 aromatic rings. The van der Waals surface area contributed by atoms with E-state index >= 15 is 0 Å². The Morgan fingerprint density at radius 3 is 3.00 bits per heavy atom. The van der Waals surface area contributed by atoms with E-state index in [1.165, 1.54) is 0 Å². The van der Waals surface area contributed by atoms with Gasteiger partial charge in [0, 0.05) is 12.2 Å². The van der Waals surface area contributed by atoms with Gasteiger partial charge in [0.25, 0.3) is 0 Å². The van der Waals surface area contributed by atoms with E-state index in [1.54, 1.807) is 0 Å². The molecule has 0 bridgehead atoms. The van der Waals surface area contributed by atoms with Crippen LogP contribution in [0, 0.1) is 0 Å². The van der Waals surface area contributed by atoms with Crippen molar-refractivity contribution < 1.29 is 14.3 Å². The number of carbonyl (C=O) groups is 2. The first kappa shape index (κ1) is 12.2. The van der Waals surface area contributed by atoms with Crippen LogP contribution >= 0.6 is 0 Å². The summed E-state index contributed by atoms with van der Waals surface area (Å²) in [4.78, 5) is 22.3. The van der Waals surface area contributed by atoms with Crippen LogP contribution in [-0.4, -0.2) is 31.7 Å². The minimum Gasteiger partial charge on any atom is -0.448 e. The normalized spacial score (nSPS) is 16.6. The lowest BCUT2D eigenvalue weighted by Gasteiger charge is -2.10. The van der Waals surface area contributed by atoms with Gasteiger partial charge in [-0.3, -0.25) is 4.79 Å². The van der Waals surface area contributed by atoms with E-state index in [4.69, 9.17) is 5.73 Å². The number of hydrogen-bond donors (Lipinski definition) is 3. The van der Waals surface area contributed by atoms with Gasteiger partial charge >= 0.3 is 6.09 Å². The molecular formula is C12H15N3O3. The summed E-state index contributed by atoms with van der Waals surface area (Å²) in [6.07, 6.45) is -0.836. The Kier molecular flexibility index (Phi) is 3.66. The largest absolute Gasteiger partial charge is 0.448 e. The van der Waals surface area contributed by atoms with Crippen LogP contribution in [0.25, 0.3) is 0 Å². The van der Waals surface area contributed by atoms with Gasteiger partial charge in [0.1, 0.15) is 6.61 Å². The van der Waals surface area contributed by atoms with Crippen LogP contribution in [-0.2, 0) is 9.53 Å². The van der Waals surface area contributed by atoms with E-state index in [0.29, 0.717) is 6.54 Å². The maximum Gasteiger partial charge on any atom is 0.404 e. The van der Waals surface area contributed by atoms with Gasteiger partial charge < -0.3 is 21.1 Å². The van der Waals surface area contributed by atoms with Crippen molar-refractivity contribution in [1.82, 2.24) is 5.32 Å². The third-order valence-corrected chi connectivity index (χ3v) is 2.79. The van der Waals surface area contributed by atoms with E-state index < -0.39 is 6.09 Å². The van der Waals surface area contributed by atoms with Crippen LogP contribution in [0.2, 0.25) is 0 Å². The van der Waals surface area contributed by atoms with Crippen LogP contribution in [0.15, 0.2) is 24.3 Å². The zero-order chi connectivity index (χ0) is 13.0. The second-order valence-electron chi connectivity index (χ2n) is 3.98. The number of para-hydroxylation sites is 1. The molecule has 6 heteroatoms. The second-order valence-corrected chi connectivity index (χ2v) is 3.98. The van der Waals surface area contributed by atoms with E-state index in [-0.39, 0.29) is 25.0 Å². The average Bonchev–Trinajstić information content (AvgIpc) is 2.78. The number of rotatable bonds is 4. The molecule has 0 saturated heterocycles. The molecule has 1 unspecified atom stereocenters. The summed E-state index contributed by atoms with van der Waals surface area (Å²) in [5.74, 6) is -0.282. The predicted octanol–water partition coefficient (Wildman–Crippen LogP) is 0.407. The lowest BCUT2D eigenvalue weighted by molar-refractivity contribution is -0.122. The number of carbonyl (C=O) groups excluding carboxylic acids is 2. The molecule has 2 amide bonds. The summed E-state index contributed by atoms with van der Waals surface area (Å²) >= 11 is 0. The minimum absolute atomic E-state index is 0.0829. The zero-order valence-electron chi connectivity index (χ0n) is 9.81. The fourth-order valence-electron chi connectivity index (χ4n) is 1.97. The predicted molar refractivity (Wildman–Crippen MR) is 66.2 cm³/mol. The molecule has 0 aliphatic carbocycles. The molecule has 96 valence electrons. The summed E-state index contributed by atoms with van der Waals surface area (Å²) in [7, 11) is 0. The van der Waals surface area contributed by atoms with Crippen LogP contribution in [0.1, 0.15) is 11.5 Å². The molecule has 4 N–H and O–H groups in total. The van der Waals surface area contributed by atoms with Crippen molar-refractivity contribution in [3.63, 3.8) is 0 Å². The monoisotopic (exact) mass is 249 g/mol. The Morgan fingerprint density at radius 1 is 1.44 bits per heavy atom. The first-order chi connectivity index (χ1) is 8.68. The van der Waals surface area contributed by atoms with Crippen LogP contribution in [0.4, 0.5) is 10.5 Å². The van der Waals surface area contributed by atoms with Crippen LogP contribution in [0.3, 0.4) is 0 Å². The molecule has 1 aromatic carbocycles. The Balaban J connectivity index is 1.86. The quantitative estimate of drug-likeness (QED) is 0.674. The van der Waals surface area contributed by atoms with Crippen molar-refractivity contribution in [3.05, 3.63) is 29.8 Å². The molecule has 2 rings (SSSR count). The van der Waals surface area contributed by atoms with Gasteiger partial charge in [-0.2, -0.15) is 0 Å². The maximum atomic E-state index is 11.9. The van der Waals surface area contributed by atoms with Crippen molar-refractivity contribution in [2.75, 3.05) is 25.0 Å². The molecule has 0 radical (unpaired) electrons. The average molecular weight is 249 g/mol. The van der Waals surface area contributed by atoms with Gasteiger partial charge in [0.2, 0.25) is 5.91 Å². The van der Waals surface area contributed by atoms with Crippen molar-refractivity contribution in [1.29, 1.82) is 0 Å². The number of primary amides is 1. The summed E-state index contributed by atoms with van der Waals surface area (Å²) in [6.45, 7) is 0.936. The number of nitrogens with one attached hydrogen (secondary N) is 2. The molecule has 1 atom stereocenters. The number of hydrogen-bond acceptors (Lipinski definition) is 4. The maximum absolute atomic E-state index is 11.9. The fourth-order valence-corrected chi connectivity index (χ4v) is 1.97. The molecule has 0 saturated carbocycles. The lowest BCUT2D eigenvalue weighted by atomic mass is 10.0. The van der Waals surface area contributed by atoms with Crippen molar-refractivity contribution in [2.24, 2.45) is 5.73 Å². The van der Waals surface area contributed by atoms with E-state index in [2.05, 4.69) is 15.4 Å². The van der Waals surface area contributed by atoms with E-state index in [9.17, 15) is 9.59 Å². The smallest absolute Gasteiger partial charge is 0.404 e. The highest BCUT2D eigenvalue weighted by molar-refractivity contribution is 5.88. The molecule has 0 fully saturated rings. The number of benzene rings is 1. The topological polar surface area (TPSA) is 93.5 Å². The standard InChI is InChI=1S/C12H15N3O3/c13-12(17)18-6-5-14-11(16)9-7-15-10-4-2-1-3-8(9)10/h1-4,9,15H,5-7H2,(H2,13,17)(H,14,16). The third kappa shape index (κ3) is 2.71. The number of nitrogens with two attached hydrogens (primary N) is 1. The van der Waals surface area contributed by atoms with Gasteiger partial charge in [-0.25, -0.2) is 4.79 Å². The van der Waals surface area contributed by atoms with Gasteiger partial charge in [-0.05, 0) is 11.6 Å². The molecule has 18 heavy (non-hydrogen) atoms. The zero-order valence-corrected chi connectivity index (χ0v) is 9.81. The molecule has 0 aromatic heterocycles. The van der Waals surface area contributed by atoms with Crippen molar-refractivity contribution in [3.8, 4) is 0 Å². The van der Waals surface area contributed by atoms with Crippen molar-refractivity contribution >= 4 is 17.7 Å². The summed E-state index contributed by atoms with van der Waals surface area (Å²) in [5.41, 5.74) is 6.79. The van der Waals surface area contributed by atoms with Gasteiger partial charge in [-0.15, -0.1) is 0 Å². The number of amides is 2. The van der Waals surface area contributed by atoms with Crippen LogP contribution < -0.4 is 16.4 Å². The molecular weight excluding hydrogens is 234 g/mol. The third-order valence-electron chi connectivity index (χ3n) is 2.79. The van der Waals surface area contributed by atoms with Crippen molar-refractivity contribution in [2.45, 2.75) is 5.92 Å². The van der Waals surface area contributed by atoms with Gasteiger partial charge in [0.05, 0.1) is 12.5 Å². The minimum atomic E-state index is -0.836. The first-order valence-electron chi connectivity index (χ1n) is 5.71. The molecule has 1 aliphatic rings. The summed E-state index contributed by atoms with van der Waals surface area (Å²) in [6, 6.07) is 7.70. The molecule has 6 nitrogen and oxygen atoms in total. The molecule has 0 spiro atoms. The Morgan fingerprint density at radius 2 is 2.22 bits per heavy atom. The Bertz CT molecular complexity index is 462. The van der Waals surface area contributed by atoms with Crippen LogP contribution in [0.5, 0.6) is 0 Å². The second kappa shape index (κ2) is 5.39. The SMILES string of the molecule is NC(=O)OCCNC(=O)C1CNc2ccccc21. The summed E-state index contributed by atoms with van der Waals surface area (Å²) in [5, 5.41) is 5.88. The number of fused-ring (bicyclic) bond motifs is 1. The molecule has 1 heterocycles. The van der Waals surface area contributed by atoms with E-state index in [1.807, 2.05) is 24.3 Å². The number of anilines is 1. The fraction of sp³-hybridized carbons (Fsp3) is 0.333. The highest BCUT2D eigenvalue weighted by atomic mass is 16.5. The Hall–Kier alpha value is -2.24. The number of ether oxygens (including phenoxy) is 1. The van der Waals surface area contributed by atoms with Gasteiger partial charge in [-0.1, -0.05) is 18.2 Å². The van der Waals surface area contributed by atoms with Gasteiger partial charge in [0.15, 0.2) is 0 Å². The first-order valence-corrected chi connectivity index (χ1v) is 5.71. The highest BCUT2D eigenvalue weighted by Gasteiger charge is 2.27.